The number of hydrogen-bond acceptors (Lipinski definition) is 4. The summed E-state index contributed by atoms with van der Waals surface area (Å²) in [6, 6.07) is 6.55. The van der Waals surface area contributed by atoms with Gasteiger partial charge in [0.05, 0.1) is 5.60 Å². The molecule has 6 nitrogen and oxygen atoms in total. The van der Waals surface area contributed by atoms with Gasteiger partial charge in [0, 0.05) is 23.7 Å². The smallest absolute Gasteiger partial charge is 0.329 e. The number of pyridine rings is 1. The first kappa shape index (κ1) is 19.3. The van der Waals surface area contributed by atoms with Crippen molar-refractivity contribution in [2.24, 2.45) is 5.92 Å². The average Bonchev–Trinajstić information content (AvgIpc) is 2.66. The second-order valence-electron chi connectivity index (χ2n) is 7.57. The number of carboxylic acid groups (broad SMARTS) is 1. The zero-order valence-corrected chi connectivity index (χ0v) is 15.5. The van der Waals surface area contributed by atoms with Crippen molar-refractivity contribution in [3.8, 4) is 0 Å². The summed E-state index contributed by atoms with van der Waals surface area (Å²) in [5.74, 6) is -1.99. The number of rotatable bonds is 6. The summed E-state index contributed by atoms with van der Waals surface area (Å²) in [6.45, 7) is 1.76. The molecule has 6 heteroatoms. The van der Waals surface area contributed by atoms with Crippen LogP contribution in [0.15, 0.2) is 36.7 Å². The van der Waals surface area contributed by atoms with Gasteiger partial charge in [-0.2, -0.15) is 0 Å². The van der Waals surface area contributed by atoms with E-state index in [0.29, 0.717) is 19.3 Å². The molecule has 0 bridgehead atoms. The van der Waals surface area contributed by atoms with Gasteiger partial charge in [-0.1, -0.05) is 50.5 Å². The van der Waals surface area contributed by atoms with Crippen LogP contribution in [0.2, 0.25) is 0 Å². The minimum absolute atomic E-state index is 0.366. The molecule has 1 heterocycles. The third kappa shape index (κ3) is 4.27. The molecular formula is C21H26N2O4. The van der Waals surface area contributed by atoms with E-state index in [4.69, 9.17) is 0 Å². The Bertz CT molecular complexity index is 825. The fourth-order valence-electron chi connectivity index (χ4n) is 3.93. The Morgan fingerprint density at radius 3 is 2.59 bits per heavy atom. The van der Waals surface area contributed by atoms with Crippen LogP contribution in [0.4, 0.5) is 0 Å². The van der Waals surface area contributed by atoms with Gasteiger partial charge in [-0.25, -0.2) is 4.79 Å². The van der Waals surface area contributed by atoms with Crippen molar-refractivity contribution in [1.82, 2.24) is 10.3 Å². The van der Waals surface area contributed by atoms with E-state index in [9.17, 15) is 19.8 Å². The average molecular weight is 370 g/mol. The lowest BCUT2D eigenvalue weighted by Gasteiger charge is -2.37. The number of nitrogens with zero attached hydrogens (tertiary/aromatic N) is 1. The van der Waals surface area contributed by atoms with E-state index in [1.807, 2.05) is 24.3 Å². The number of nitrogens with one attached hydrogen (secondary N) is 1. The molecule has 1 saturated carbocycles. The Kier molecular flexibility index (Phi) is 5.75. The Labute approximate surface area is 158 Å². The number of carbonyl (C=O) groups is 2. The van der Waals surface area contributed by atoms with Crippen molar-refractivity contribution < 1.29 is 19.8 Å². The summed E-state index contributed by atoms with van der Waals surface area (Å²) < 4.78 is 0. The van der Waals surface area contributed by atoms with Gasteiger partial charge >= 0.3 is 5.97 Å². The summed E-state index contributed by atoms with van der Waals surface area (Å²) in [7, 11) is 0. The number of hydrogen-bond donors (Lipinski definition) is 3. The van der Waals surface area contributed by atoms with E-state index in [2.05, 4.69) is 10.3 Å². The molecule has 1 aromatic heterocycles. The maximum absolute atomic E-state index is 12.7. The van der Waals surface area contributed by atoms with Gasteiger partial charge in [-0.15, -0.1) is 0 Å². The maximum Gasteiger partial charge on any atom is 0.329 e. The van der Waals surface area contributed by atoms with Crippen LogP contribution in [0, 0.1) is 5.92 Å². The molecule has 0 spiro atoms. The molecule has 144 valence electrons. The molecule has 1 amide bonds. The van der Waals surface area contributed by atoms with Gasteiger partial charge in [0.1, 0.15) is 0 Å². The first-order chi connectivity index (χ1) is 12.9. The minimum atomic E-state index is -1.37. The van der Waals surface area contributed by atoms with Crippen molar-refractivity contribution in [2.75, 3.05) is 0 Å². The van der Waals surface area contributed by atoms with Gasteiger partial charge in [0.25, 0.3) is 0 Å². The lowest BCUT2D eigenvalue weighted by molar-refractivity contribution is -0.153. The highest BCUT2D eigenvalue weighted by molar-refractivity contribution is 5.88. The van der Waals surface area contributed by atoms with Crippen LogP contribution in [-0.4, -0.2) is 38.7 Å². The largest absolute Gasteiger partial charge is 0.480 e. The van der Waals surface area contributed by atoms with Gasteiger partial charge < -0.3 is 15.5 Å². The Balaban J connectivity index is 1.73. The predicted octanol–water partition coefficient (Wildman–Crippen LogP) is 2.68. The molecule has 3 N–H and O–H groups in total. The van der Waals surface area contributed by atoms with E-state index in [0.717, 1.165) is 35.6 Å². The summed E-state index contributed by atoms with van der Waals surface area (Å²) in [6.07, 6.45) is 7.29. The second kappa shape index (κ2) is 8.05. The van der Waals surface area contributed by atoms with E-state index in [1.54, 1.807) is 19.3 Å². The highest BCUT2D eigenvalue weighted by Crippen LogP contribution is 2.31. The molecule has 0 radical (unpaired) electrons. The monoisotopic (exact) mass is 370 g/mol. The third-order valence-corrected chi connectivity index (χ3v) is 5.51. The fraction of sp³-hybridized carbons (Fsp3) is 0.476. The normalized spacial score (nSPS) is 18.6. The lowest BCUT2D eigenvalue weighted by atomic mass is 9.79. The first-order valence-corrected chi connectivity index (χ1v) is 9.48. The molecule has 1 aromatic carbocycles. The lowest BCUT2D eigenvalue weighted by Crippen LogP contribution is -2.58. The van der Waals surface area contributed by atoms with Gasteiger partial charge in [-0.05, 0) is 30.2 Å². The molecule has 2 unspecified atom stereocenters. The SMILES string of the molecule is CC(Cc1cncc2ccccc12)C(=O)NC(C(=O)O)C1(O)CCCCC1. The van der Waals surface area contributed by atoms with Crippen molar-refractivity contribution in [3.63, 3.8) is 0 Å². The Hall–Kier alpha value is -2.47. The summed E-state index contributed by atoms with van der Waals surface area (Å²) in [4.78, 5) is 28.6. The number of fused-ring (bicyclic) bond motifs is 1. The van der Waals surface area contributed by atoms with Crippen molar-refractivity contribution in [2.45, 2.75) is 57.1 Å². The van der Waals surface area contributed by atoms with E-state index < -0.39 is 23.5 Å². The van der Waals surface area contributed by atoms with Gasteiger partial charge in [0.2, 0.25) is 5.91 Å². The molecular weight excluding hydrogens is 344 g/mol. The van der Waals surface area contributed by atoms with E-state index >= 15 is 0 Å². The zero-order valence-electron chi connectivity index (χ0n) is 15.5. The van der Waals surface area contributed by atoms with Crippen LogP contribution in [0.1, 0.15) is 44.6 Å². The zero-order chi connectivity index (χ0) is 19.4. The summed E-state index contributed by atoms with van der Waals surface area (Å²) in [5.41, 5.74) is -0.431. The van der Waals surface area contributed by atoms with Crippen LogP contribution in [-0.2, 0) is 16.0 Å². The molecule has 27 heavy (non-hydrogen) atoms. The first-order valence-electron chi connectivity index (χ1n) is 9.48. The molecule has 0 aliphatic heterocycles. The minimum Gasteiger partial charge on any atom is -0.480 e. The molecule has 1 fully saturated rings. The van der Waals surface area contributed by atoms with E-state index in [-0.39, 0.29) is 5.91 Å². The van der Waals surface area contributed by atoms with E-state index in [1.165, 1.54) is 0 Å². The van der Waals surface area contributed by atoms with Crippen molar-refractivity contribution in [3.05, 3.63) is 42.2 Å². The molecule has 2 aromatic rings. The summed E-state index contributed by atoms with van der Waals surface area (Å²) in [5, 5.41) is 24.9. The molecule has 2 atom stereocenters. The molecule has 1 aliphatic rings. The van der Waals surface area contributed by atoms with Crippen LogP contribution < -0.4 is 5.32 Å². The standard InChI is InChI=1S/C21H26N2O4/c1-14(11-16-13-22-12-15-7-3-4-8-17(15)16)19(24)23-18(20(25)26)21(27)9-5-2-6-10-21/h3-4,7-8,12-14,18,27H,2,5-6,9-11H2,1H3,(H,23,24)(H,25,26). The number of aromatic nitrogens is 1. The third-order valence-electron chi connectivity index (χ3n) is 5.51. The highest BCUT2D eigenvalue weighted by Gasteiger charge is 2.43. The summed E-state index contributed by atoms with van der Waals surface area (Å²) >= 11 is 0. The maximum atomic E-state index is 12.7. The molecule has 1 aliphatic carbocycles. The topological polar surface area (TPSA) is 99.5 Å². The number of benzene rings is 1. The van der Waals surface area contributed by atoms with Crippen LogP contribution in [0.25, 0.3) is 10.8 Å². The van der Waals surface area contributed by atoms with Gasteiger partial charge in [-0.3, -0.25) is 9.78 Å². The predicted molar refractivity (Wildman–Crippen MR) is 102 cm³/mol. The Morgan fingerprint density at radius 1 is 1.19 bits per heavy atom. The van der Waals surface area contributed by atoms with Gasteiger partial charge in [0.15, 0.2) is 6.04 Å². The number of amides is 1. The number of carbonyl (C=O) groups excluding carboxylic acids is 1. The molecule has 3 rings (SSSR count). The van der Waals surface area contributed by atoms with Crippen LogP contribution in [0.3, 0.4) is 0 Å². The van der Waals surface area contributed by atoms with Crippen molar-refractivity contribution >= 4 is 22.6 Å². The number of aliphatic carboxylic acids is 1. The van der Waals surface area contributed by atoms with Crippen LogP contribution in [0.5, 0.6) is 0 Å². The molecule has 0 saturated heterocycles. The quantitative estimate of drug-likeness (QED) is 0.726. The number of carboxylic acids is 1. The second-order valence-corrected chi connectivity index (χ2v) is 7.57. The van der Waals surface area contributed by atoms with Crippen LogP contribution >= 0.6 is 0 Å². The van der Waals surface area contributed by atoms with Crippen molar-refractivity contribution in [1.29, 1.82) is 0 Å². The fourth-order valence-corrected chi connectivity index (χ4v) is 3.93. The highest BCUT2D eigenvalue weighted by atomic mass is 16.4. The number of aliphatic hydroxyl groups is 1. The Morgan fingerprint density at radius 2 is 1.89 bits per heavy atom.